The highest BCUT2D eigenvalue weighted by Crippen LogP contribution is 2.31. The molecule has 0 saturated heterocycles. The van der Waals surface area contributed by atoms with Gasteiger partial charge in [-0.15, -0.1) is 0 Å². The number of benzene rings is 1. The second-order valence-corrected chi connectivity index (χ2v) is 7.12. The van der Waals surface area contributed by atoms with E-state index in [1.807, 2.05) is 6.20 Å². The predicted octanol–water partition coefficient (Wildman–Crippen LogP) is 5.08. The SMILES string of the molecule is CCCNC(c1ccc(Br)cc1)c1c(Br)cnn1C(C)C. The quantitative estimate of drug-likeness (QED) is 0.714. The number of nitrogens with one attached hydrogen (secondary N) is 1. The molecular weight excluding hydrogens is 394 g/mol. The van der Waals surface area contributed by atoms with Gasteiger partial charge >= 0.3 is 0 Å². The molecule has 1 heterocycles. The van der Waals surface area contributed by atoms with Crippen LogP contribution in [0.15, 0.2) is 39.4 Å². The predicted molar refractivity (Wildman–Crippen MR) is 94.6 cm³/mol. The molecule has 0 amide bonds. The Morgan fingerprint density at radius 2 is 1.86 bits per heavy atom. The third-order valence-electron chi connectivity index (χ3n) is 3.35. The van der Waals surface area contributed by atoms with Crippen molar-refractivity contribution in [1.29, 1.82) is 0 Å². The van der Waals surface area contributed by atoms with Crippen LogP contribution in [0.5, 0.6) is 0 Å². The van der Waals surface area contributed by atoms with E-state index in [2.05, 4.69) is 92.0 Å². The number of aromatic nitrogens is 2. The van der Waals surface area contributed by atoms with Gasteiger partial charge in [0.2, 0.25) is 0 Å². The van der Waals surface area contributed by atoms with Gasteiger partial charge in [-0.3, -0.25) is 4.68 Å². The summed E-state index contributed by atoms with van der Waals surface area (Å²) in [4.78, 5) is 0. The van der Waals surface area contributed by atoms with E-state index in [9.17, 15) is 0 Å². The molecule has 0 spiro atoms. The van der Waals surface area contributed by atoms with Crippen molar-refractivity contribution in [2.45, 2.75) is 39.3 Å². The fraction of sp³-hybridized carbons (Fsp3) is 0.438. The van der Waals surface area contributed by atoms with Crippen LogP contribution in [0, 0.1) is 0 Å². The fourth-order valence-electron chi connectivity index (χ4n) is 2.35. The lowest BCUT2D eigenvalue weighted by Crippen LogP contribution is -2.26. The Bertz CT molecular complexity index is 576. The smallest absolute Gasteiger partial charge is 0.0760 e. The highest BCUT2D eigenvalue weighted by molar-refractivity contribution is 9.10. The van der Waals surface area contributed by atoms with Crippen LogP contribution in [-0.2, 0) is 0 Å². The minimum atomic E-state index is 0.136. The molecule has 2 aromatic rings. The summed E-state index contributed by atoms with van der Waals surface area (Å²) in [6.07, 6.45) is 2.98. The summed E-state index contributed by atoms with van der Waals surface area (Å²) in [7, 11) is 0. The summed E-state index contributed by atoms with van der Waals surface area (Å²) < 4.78 is 4.23. The van der Waals surface area contributed by atoms with Crippen LogP contribution < -0.4 is 5.32 Å². The van der Waals surface area contributed by atoms with Gasteiger partial charge in [0.1, 0.15) is 0 Å². The van der Waals surface area contributed by atoms with Crippen LogP contribution in [0.4, 0.5) is 0 Å². The molecular formula is C16H21Br2N3. The molecule has 114 valence electrons. The number of rotatable bonds is 6. The monoisotopic (exact) mass is 413 g/mol. The summed E-state index contributed by atoms with van der Waals surface area (Å²) >= 11 is 7.16. The first-order chi connectivity index (χ1) is 10.0. The van der Waals surface area contributed by atoms with Crippen LogP contribution in [0.2, 0.25) is 0 Å². The minimum Gasteiger partial charge on any atom is -0.305 e. The van der Waals surface area contributed by atoms with E-state index in [1.54, 1.807) is 0 Å². The first kappa shape index (κ1) is 16.7. The maximum atomic E-state index is 4.51. The number of hydrogen-bond donors (Lipinski definition) is 1. The number of halogens is 2. The maximum Gasteiger partial charge on any atom is 0.0760 e. The Balaban J connectivity index is 2.45. The second-order valence-electron chi connectivity index (χ2n) is 5.35. The minimum absolute atomic E-state index is 0.136. The lowest BCUT2D eigenvalue weighted by molar-refractivity contribution is 0.470. The second kappa shape index (κ2) is 7.56. The average Bonchev–Trinajstić information content (AvgIpc) is 2.83. The molecule has 1 unspecified atom stereocenters. The standard InChI is InChI=1S/C16H21Br2N3/c1-4-9-19-15(12-5-7-13(17)8-6-12)16-14(18)10-20-21(16)11(2)3/h5-8,10-11,15,19H,4,9H2,1-3H3. The Hall–Kier alpha value is -0.650. The Labute approximate surface area is 143 Å². The molecule has 21 heavy (non-hydrogen) atoms. The third-order valence-corrected chi connectivity index (χ3v) is 4.49. The van der Waals surface area contributed by atoms with Crippen molar-refractivity contribution in [3.05, 3.63) is 50.7 Å². The molecule has 0 aliphatic heterocycles. The normalized spacial score (nSPS) is 12.9. The van der Waals surface area contributed by atoms with E-state index in [0.717, 1.165) is 21.9 Å². The van der Waals surface area contributed by atoms with E-state index in [1.165, 1.54) is 11.3 Å². The number of hydrogen-bond acceptors (Lipinski definition) is 2. The Morgan fingerprint density at radius 1 is 1.19 bits per heavy atom. The van der Waals surface area contributed by atoms with Gasteiger partial charge < -0.3 is 5.32 Å². The summed E-state index contributed by atoms with van der Waals surface area (Å²) in [6, 6.07) is 8.94. The van der Waals surface area contributed by atoms with E-state index in [4.69, 9.17) is 0 Å². The molecule has 0 radical (unpaired) electrons. The van der Waals surface area contributed by atoms with Gasteiger partial charge in [-0.05, 0) is 60.4 Å². The molecule has 0 saturated carbocycles. The maximum absolute atomic E-state index is 4.51. The highest BCUT2D eigenvalue weighted by Gasteiger charge is 2.22. The highest BCUT2D eigenvalue weighted by atomic mass is 79.9. The fourth-order valence-corrected chi connectivity index (χ4v) is 3.12. The summed E-state index contributed by atoms with van der Waals surface area (Å²) in [5.74, 6) is 0. The molecule has 5 heteroatoms. The van der Waals surface area contributed by atoms with Crippen molar-refractivity contribution < 1.29 is 0 Å². The molecule has 1 aromatic carbocycles. The average molecular weight is 415 g/mol. The largest absolute Gasteiger partial charge is 0.305 e. The van der Waals surface area contributed by atoms with Gasteiger partial charge in [0.25, 0.3) is 0 Å². The van der Waals surface area contributed by atoms with Crippen LogP contribution >= 0.6 is 31.9 Å². The molecule has 1 N–H and O–H groups in total. The lowest BCUT2D eigenvalue weighted by atomic mass is 10.0. The van der Waals surface area contributed by atoms with Crippen molar-refractivity contribution in [3.63, 3.8) is 0 Å². The van der Waals surface area contributed by atoms with Crippen LogP contribution in [-0.4, -0.2) is 16.3 Å². The van der Waals surface area contributed by atoms with Gasteiger partial charge in [0, 0.05) is 10.5 Å². The van der Waals surface area contributed by atoms with Gasteiger partial charge in [-0.25, -0.2) is 0 Å². The zero-order chi connectivity index (χ0) is 15.4. The van der Waals surface area contributed by atoms with Crippen LogP contribution in [0.25, 0.3) is 0 Å². The summed E-state index contributed by atoms with van der Waals surface area (Å²) in [6.45, 7) is 7.46. The molecule has 0 fully saturated rings. The molecule has 3 nitrogen and oxygen atoms in total. The van der Waals surface area contributed by atoms with Crippen molar-refractivity contribution in [1.82, 2.24) is 15.1 Å². The summed E-state index contributed by atoms with van der Waals surface area (Å²) in [5.41, 5.74) is 2.43. The van der Waals surface area contributed by atoms with Crippen molar-refractivity contribution in [3.8, 4) is 0 Å². The van der Waals surface area contributed by atoms with Crippen LogP contribution in [0.1, 0.15) is 50.5 Å². The first-order valence-electron chi connectivity index (χ1n) is 7.26. The zero-order valence-electron chi connectivity index (χ0n) is 12.6. The topological polar surface area (TPSA) is 29.9 Å². The lowest BCUT2D eigenvalue weighted by Gasteiger charge is -2.23. The molecule has 0 aliphatic carbocycles. The molecule has 0 aliphatic rings. The molecule has 1 atom stereocenters. The van der Waals surface area contributed by atoms with Crippen molar-refractivity contribution in [2.24, 2.45) is 0 Å². The van der Waals surface area contributed by atoms with Gasteiger partial charge in [-0.1, -0.05) is 35.0 Å². The molecule has 2 rings (SSSR count). The Morgan fingerprint density at radius 3 is 2.43 bits per heavy atom. The molecule has 0 bridgehead atoms. The van der Waals surface area contributed by atoms with E-state index in [-0.39, 0.29) is 6.04 Å². The zero-order valence-corrected chi connectivity index (χ0v) is 15.8. The van der Waals surface area contributed by atoms with Crippen molar-refractivity contribution in [2.75, 3.05) is 6.54 Å². The first-order valence-corrected chi connectivity index (χ1v) is 8.85. The van der Waals surface area contributed by atoms with E-state index >= 15 is 0 Å². The Kier molecular flexibility index (Phi) is 6.02. The van der Waals surface area contributed by atoms with E-state index < -0.39 is 0 Å². The van der Waals surface area contributed by atoms with E-state index in [0.29, 0.717) is 6.04 Å². The summed E-state index contributed by atoms with van der Waals surface area (Å²) in [5, 5.41) is 8.15. The third kappa shape index (κ3) is 3.96. The van der Waals surface area contributed by atoms with Crippen molar-refractivity contribution >= 4 is 31.9 Å². The van der Waals surface area contributed by atoms with Gasteiger partial charge in [0.05, 0.1) is 22.4 Å². The van der Waals surface area contributed by atoms with Crippen LogP contribution in [0.3, 0.4) is 0 Å². The number of nitrogens with zero attached hydrogens (tertiary/aromatic N) is 2. The van der Waals surface area contributed by atoms with Gasteiger partial charge in [0.15, 0.2) is 0 Å². The van der Waals surface area contributed by atoms with Gasteiger partial charge in [-0.2, -0.15) is 5.10 Å². The molecule has 1 aromatic heterocycles.